The van der Waals surface area contributed by atoms with Crippen molar-refractivity contribution in [2.75, 3.05) is 19.8 Å². The average Bonchev–Trinajstić information content (AvgIpc) is 2.53. The van der Waals surface area contributed by atoms with E-state index in [2.05, 4.69) is 19.1 Å². The second-order valence-electron chi connectivity index (χ2n) is 5.91. The highest BCUT2D eigenvalue weighted by Crippen LogP contribution is 2.19. The normalized spacial score (nSPS) is 29.3. The fraction of sp³-hybridized carbons (Fsp3) is 0.882. The monoisotopic (exact) mass is 316 g/mol. The molecule has 0 saturated carbocycles. The SMILES string of the molecule is CCC/C=C/CCCCCCO[C@H]1[C@H](O)[C@@H](O)CO[C@@H]1CO. The third-order valence-corrected chi connectivity index (χ3v) is 3.96. The lowest BCUT2D eigenvalue weighted by atomic mass is 10.0. The summed E-state index contributed by atoms with van der Waals surface area (Å²) in [6.45, 7) is 2.52. The Morgan fingerprint density at radius 2 is 1.82 bits per heavy atom. The first-order chi connectivity index (χ1) is 10.7. The van der Waals surface area contributed by atoms with E-state index in [1.165, 1.54) is 12.8 Å². The zero-order valence-electron chi connectivity index (χ0n) is 13.7. The fourth-order valence-electron chi connectivity index (χ4n) is 2.56. The zero-order chi connectivity index (χ0) is 16.2. The molecule has 3 N–H and O–H groups in total. The van der Waals surface area contributed by atoms with Gasteiger partial charge in [-0.15, -0.1) is 0 Å². The predicted octanol–water partition coefficient (Wildman–Crippen LogP) is 1.79. The van der Waals surface area contributed by atoms with Crippen LogP contribution < -0.4 is 0 Å². The number of ether oxygens (including phenoxy) is 2. The smallest absolute Gasteiger partial charge is 0.114 e. The lowest BCUT2D eigenvalue weighted by molar-refractivity contribution is -0.211. The minimum absolute atomic E-state index is 0.0395. The van der Waals surface area contributed by atoms with Gasteiger partial charge in [0.2, 0.25) is 0 Å². The lowest BCUT2D eigenvalue weighted by Gasteiger charge is -2.37. The van der Waals surface area contributed by atoms with Crippen LogP contribution in [0.4, 0.5) is 0 Å². The number of unbranched alkanes of at least 4 members (excludes halogenated alkanes) is 5. The molecule has 5 nitrogen and oxygen atoms in total. The van der Waals surface area contributed by atoms with Crippen LogP contribution in [0.25, 0.3) is 0 Å². The molecule has 1 aliphatic heterocycles. The van der Waals surface area contributed by atoms with Gasteiger partial charge in [0.1, 0.15) is 24.4 Å². The number of allylic oxidation sites excluding steroid dienone is 2. The zero-order valence-corrected chi connectivity index (χ0v) is 13.7. The maximum absolute atomic E-state index is 9.91. The third kappa shape index (κ3) is 7.20. The topological polar surface area (TPSA) is 79.2 Å². The molecule has 0 radical (unpaired) electrons. The molecule has 0 aromatic rings. The molecule has 1 aliphatic rings. The van der Waals surface area contributed by atoms with Crippen molar-refractivity contribution in [3.63, 3.8) is 0 Å². The predicted molar refractivity (Wildman–Crippen MR) is 85.7 cm³/mol. The molecular weight excluding hydrogens is 284 g/mol. The van der Waals surface area contributed by atoms with Crippen LogP contribution in [0.5, 0.6) is 0 Å². The number of aliphatic hydroxyl groups is 3. The van der Waals surface area contributed by atoms with E-state index >= 15 is 0 Å². The van der Waals surface area contributed by atoms with Crippen molar-refractivity contribution < 1.29 is 24.8 Å². The molecule has 0 bridgehead atoms. The second kappa shape index (κ2) is 12.0. The van der Waals surface area contributed by atoms with Crippen molar-refractivity contribution in [2.24, 2.45) is 0 Å². The number of hydrogen-bond acceptors (Lipinski definition) is 5. The van der Waals surface area contributed by atoms with Crippen LogP contribution in [-0.4, -0.2) is 59.6 Å². The first-order valence-electron chi connectivity index (χ1n) is 8.55. The molecule has 1 heterocycles. The summed E-state index contributed by atoms with van der Waals surface area (Å²) in [4.78, 5) is 0. The molecule has 130 valence electrons. The van der Waals surface area contributed by atoms with E-state index in [9.17, 15) is 15.3 Å². The summed E-state index contributed by atoms with van der Waals surface area (Å²) in [5.41, 5.74) is 0. The Morgan fingerprint density at radius 3 is 2.55 bits per heavy atom. The van der Waals surface area contributed by atoms with Gasteiger partial charge in [-0.25, -0.2) is 0 Å². The number of hydrogen-bond donors (Lipinski definition) is 3. The van der Waals surface area contributed by atoms with Crippen molar-refractivity contribution in [3.05, 3.63) is 12.2 Å². The molecule has 0 aromatic heterocycles. The van der Waals surface area contributed by atoms with Crippen LogP contribution in [0.1, 0.15) is 51.9 Å². The molecule has 4 atom stereocenters. The van der Waals surface area contributed by atoms with Crippen LogP contribution in [-0.2, 0) is 9.47 Å². The molecular formula is C17H32O5. The Hall–Kier alpha value is -0.460. The number of aliphatic hydroxyl groups excluding tert-OH is 3. The van der Waals surface area contributed by atoms with E-state index in [0.29, 0.717) is 6.61 Å². The highest BCUT2D eigenvalue weighted by Gasteiger charge is 2.39. The van der Waals surface area contributed by atoms with Gasteiger partial charge in [-0.3, -0.25) is 0 Å². The molecule has 1 saturated heterocycles. The Labute approximate surface area is 133 Å². The Morgan fingerprint density at radius 1 is 1.09 bits per heavy atom. The fourth-order valence-corrected chi connectivity index (χ4v) is 2.56. The summed E-state index contributed by atoms with van der Waals surface area (Å²) in [7, 11) is 0. The van der Waals surface area contributed by atoms with Gasteiger partial charge in [-0.05, 0) is 25.7 Å². The summed E-state index contributed by atoms with van der Waals surface area (Å²) in [6, 6.07) is 0. The van der Waals surface area contributed by atoms with E-state index in [-0.39, 0.29) is 13.2 Å². The molecule has 5 heteroatoms. The molecule has 0 unspecified atom stereocenters. The molecule has 0 aromatic carbocycles. The first kappa shape index (κ1) is 19.6. The summed E-state index contributed by atoms with van der Waals surface area (Å²) in [5.74, 6) is 0. The van der Waals surface area contributed by atoms with E-state index in [1.54, 1.807) is 0 Å². The van der Waals surface area contributed by atoms with Gasteiger partial charge in [0.05, 0.1) is 13.2 Å². The Kier molecular flexibility index (Phi) is 10.7. The summed E-state index contributed by atoms with van der Waals surface area (Å²) in [5, 5.41) is 28.7. The van der Waals surface area contributed by atoms with Crippen LogP contribution in [0.3, 0.4) is 0 Å². The molecule has 0 aliphatic carbocycles. The van der Waals surface area contributed by atoms with Crippen LogP contribution in [0.2, 0.25) is 0 Å². The van der Waals surface area contributed by atoms with Gasteiger partial charge in [-0.2, -0.15) is 0 Å². The van der Waals surface area contributed by atoms with E-state index in [1.807, 2.05) is 0 Å². The van der Waals surface area contributed by atoms with Gasteiger partial charge in [-0.1, -0.05) is 38.3 Å². The van der Waals surface area contributed by atoms with Crippen LogP contribution in [0.15, 0.2) is 12.2 Å². The van der Waals surface area contributed by atoms with Gasteiger partial charge in [0.15, 0.2) is 0 Å². The summed E-state index contributed by atoms with van der Waals surface area (Å²) in [6.07, 6.45) is 9.21. The standard InChI is InChI=1S/C17H32O5/c1-2-3-4-5-6-7-8-9-10-11-21-17-15(12-18)22-13-14(19)16(17)20/h4-5,14-20H,2-3,6-13H2,1H3/b5-4+/t14-,15+,16+,17+/m0/s1. The molecule has 1 rings (SSSR count). The summed E-state index contributed by atoms with van der Waals surface area (Å²) >= 11 is 0. The number of rotatable bonds is 11. The first-order valence-corrected chi connectivity index (χ1v) is 8.55. The second-order valence-corrected chi connectivity index (χ2v) is 5.91. The lowest BCUT2D eigenvalue weighted by Crippen LogP contribution is -2.55. The summed E-state index contributed by atoms with van der Waals surface area (Å²) < 4.78 is 10.9. The quantitative estimate of drug-likeness (QED) is 0.400. The van der Waals surface area contributed by atoms with E-state index < -0.39 is 24.4 Å². The highest BCUT2D eigenvalue weighted by atomic mass is 16.6. The van der Waals surface area contributed by atoms with E-state index in [0.717, 1.165) is 32.1 Å². The van der Waals surface area contributed by atoms with Gasteiger partial charge >= 0.3 is 0 Å². The molecule has 0 amide bonds. The minimum Gasteiger partial charge on any atom is -0.394 e. The molecule has 0 spiro atoms. The maximum atomic E-state index is 9.91. The van der Waals surface area contributed by atoms with Crippen molar-refractivity contribution in [1.29, 1.82) is 0 Å². The third-order valence-electron chi connectivity index (χ3n) is 3.96. The Bertz CT molecular complexity index is 293. The van der Waals surface area contributed by atoms with E-state index in [4.69, 9.17) is 9.47 Å². The average molecular weight is 316 g/mol. The van der Waals surface area contributed by atoms with Crippen molar-refractivity contribution >= 4 is 0 Å². The van der Waals surface area contributed by atoms with Crippen molar-refractivity contribution in [1.82, 2.24) is 0 Å². The van der Waals surface area contributed by atoms with Crippen molar-refractivity contribution in [2.45, 2.75) is 76.3 Å². The molecule has 22 heavy (non-hydrogen) atoms. The Balaban J connectivity index is 2.07. The van der Waals surface area contributed by atoms with Gasteiger partial charge in [0, 0.05) is 6.61 Å². The largest absolute Gasteiger partial charge is 0.394 e. The van der Waals surface area contributed by atoms with Crippen molar-refractivity contribution in [3.8, 4) is 0 Å². The van der Waals surface area contributed by atoms with Crippen LogP contribution >= 0.6 is 0 Å². The van der Waals surface area contributed by atoms with Crippen LogP contribution in [0, 0.1) is 0 Å². The highest BCUT2D eigenvalue weighted by molar-refractivity contribution is 4.87. The molecule has 1 fully saturated rings. The minimum atomic E-state index is -0.991. The van der Waals surface area contributed by atoms with Gasteiger partial charge in [0.25, 0.3) is 0 Å². The maximum Gasteiger partial charge on any atom is 0.114 e. The van der Waals surface area contributed by atoms with Gasteiger partial charge < -0.3 is 24.8 Å².